The van der Waals surface area contributed by atoms with Crippen LogP contribution in [0.4, 0.5) is 0 Å². The molecule has 1 fully saturated rings. The molecule has 2 heterocycles. The molecule has 0 spiro atoms. The van der Waals surface area contributed by atoms with Gasteiger partial charge in [-0.05, 0) is 47.1 Å². The lowest BCUT2D eigenvalue weighted by atomic mass is 9.96. The van der Waals surface area contributed by atoms with Crippen LogP contribution in [-0.2, 0) is 6.54 Å². The molecule has 2 rings (SSSR count). The summed E-state index contributed by atoms with van der Waals surface area (Å²) in [4.78, 5) is 3.99. The van der Waals surface area contributed by atoms with Gasteiger partial charge in [0.15, 0.2) is 0 Å². The average molecular weight is 303 g/mol. The lowest BCUT2D eigenvalue weighted by Crippen LogP contribution is -2.48. The van der Waals surface area contributed by atoms with Crippen molar-refractivity contribution in [1.82, 2.24) is 4.90 Å². The van der Waals surface area contributed by atoms with Gasteiger partial charge in [0.1, 0.15) is 0 Å². The van der Waals surface area contributed by atoms with Gasteiger partial charge in [0, 0.05) is 34.5 Å². The van der Waals surface area contributed by atoms with Gasteiger partial charge in [-0.3, -0.25) is 4.90 Å². The summed E-state index contributed by atoms with van der Waals surface area (Å²) in [5.74, 6) is 0. The van der Waals surface area contributed by atoms with Gasteiger partial charge < -0.3 is 5.73 Å². The lowest BCUT2D eigenvalue weighted by Gasteiger charge is -2.40. The zero-order valence-corrected chi connectivity index (χ0v) is 12.1. The predicted molar refractivity (Wildman–Crippen MR) is 73.7 cm³/mol. The van der Waals surface area contributed by atoms with Crippen LogP contribution in [0.25, 0.3) is 0 Å². The SMILES string of the molecule is CC1CCCC(CN)N1Cc1sccc1Br. The molecule has 1 aromatic heterocycles. The van der Waals surface area contributed by atoms with Crippen molar-refractivity contribution in [2.45, 2.75) is 44.8 Å². The molecule has 0 radical (unpaired) electrons. The first-order valence-corrected chi connectivity index (χ1v) is 7.57. The Morgan fingerprint density at radius 2 is 2.38 bits per heavy atom. The second-order valence-electron chi connectivity index (χ2n) is 4.53. The van der Waals surface area contributed by atoms with Gasteiger partial charge in [0.05, 0.1) is 0 Å². The van der Waals surface area contributed by atoms with Crippen molar-refractivity contribution in [1.29, 1.82) is 0 Å². The minimum Gasteiger partial charge on any atom is -0.329 e. The van der Waals surface area contributed by atoms with Crippen LogP contribution in [-0.4, -0.2) is 23.5 Å². The van der Waals surface area contributed by atoms with Crippen molar-refractivity contribution in [3.8, 4) is 0 Å². The van der Waals surface area contributed by atoms with Crippen LogP contribution in [0.5, 0.6) is 0 Å². The highest BCUT2D eigenvalue weighted by Crippen LogP contribution is 2.29. The lowest BCUT2D eigenvalue weighted by molar-refractivity contribution is 0.0902. The molecule has 0 aromatic carbocycles. The molecule has 2 unspecified atom stereocenters. The molecule has 1 aliphatic heterocycles. The number of nitrogens with zero attached hydrogens (tertiary/aromatic N) is 1. The molecular formula is C12H19BrN2S. The fourth-order valence-electron chi connectivity index (χ4n) is 2.48. The largest absolute Gasteiger partial charge is 0.329 e. The first kappa shape index (κ1) is 12.6. The summed E-state index contributed by atoms with van der Waals surface area (Å²) in [6.45, 7) is 4.15. The van der Waals surface area contributed by atoms with Gasteiger partial charge in [-0.1, -0.05) is 6.42 Å². The van der Waals surface area contributed by atoms with E-state index in [1.54, 1.807) is 0 Å². The Morgan fingerprint density at radius 1 is 1.56 bits per heavy atom. The highest BCUT2D eigenvalue weighted by molar-refractivity contribution is 9.10. The number of rotatable bonds is 3. The molecule has 0 bridgehead atoms. The van der Waals surface area contributed by atoms with E-state index in [0.717, 1.165) is 13.1 Å². The summed E-state index contributed by atoms with van der Waals surface area (Å²) in [5, 5.41) is 2.14. The van der Waals surface area contributed by atoms with Crippen molar-refractivity contribution in [2.75, 3.05) is 6.54 Å². The predicted octanol–water partition coefficient (Wildman–Crippen LogP) is 3.21. The Kier molecular flexibility index (Phi) is 4.41. The second kappa shape index (κ2) is 5.63. The quantitative estimate of drug-likeness (QED) is 0.929. The molecule has 2 N–H and O–H groups in total. The molecule has 0 saturated carbocycles. The maximum absolute atomic E-state index is 5.87. The number of halogens is 1. The fourth-order valence-corrected chi connectivity index (χ4v) is 3.97. The molecule has 0 aliphatic carbocycles. The third-order valence-electron chi connectivity index (χ3n) is 3.48. The topological polar surface area (TPSA) is 29.3 Å². The van der Waals surface area contributed by atoms with Crippen molar-refractivity contribution >= 4 is 27.3 Å². The minimum atomic E-state index is 0.567. The van der Waals surface area contributed by atoms with Crippen LogP contribution in [0.3, 0.4) is 0 Å². The van der Waals surface area contributed by atoms with Crippen LogP contribution in [0.2, 0.25) is 0 Å². The molecule has 1 aromatic rings. The van der Waals surface area contributed by atoms with Crippen LogP contribution >= 0.6 is 27.3 Å². The van der Waals surface area contributed by atoms with Gasteiger partial charge in [-0.25, -0.2) is 0 Å². The molecule has 0 amide bonds. The number of hydrogen-bond acceptors (Lipinski definition) is 3. The van der Waals surface area contributed by atoms with E-state index >= 15 is 0 Å². The molecular weight excluding hydrogens is 284 g/mol. The van der Waals surface area contributed by atoms with E-state index in [0.29, 0.717) is 12.1 Å². The molecule has 2 atom stereocenters. The molecule has 16 heavy (non-hydrogen) atoms. The first-order valence-electron chi connectivity index (χ1n) is 5.90. The Morgan fingerprint density at radius 3 is 3.00 bits per heavy atom. The summed E-state index contributed by atoms with van der Waals surface area (Å²) in [6.07, 6.45) is 3.88. The zero-order chi connectivity index (χ0) is 11.5. The van der Waals surface area contributed by atoms with Gasteiger partial charge >= 0.3 is 0 Å². The zero-order valence-electron chi connectivity index (χ0n) is 9.66. The van der Waals surface area contributed by atoms with Crippen LogP contribution in [0, 0.1) is 0 Å². The van der Waals surface area contributed by atoms with Crippen LogP contribution in [0.15, 0.2) is 15.9 Å². The summed E-state index contributed by atoms with van der Waals surface area (Å²) in [7, 11) is 0. The average Bonchev–Trinajstić information content (AvgIpc) is 2.67. The molecule has 90 valence electrons. The monoisotopic (exact) mass is 302 g/mol. The Bertz CT molecular complexity index is 340. The van der Waals surface area contributed by atoms with E-state index in [9.17, 15) is 0 Å². The van der Waals surface area contributed by atoms with Gasteiger partial charge in [0.2, 0.25) is 0 Å². The van der Waals surface area contributed by atoms with E-state index in [1.807, 2.05) is 11.3 Å². The summed E-state index contributed by atoms with van der Waals surface area (Å²) in [6, 6.07) is 3.36. The van der Waals surface area contributed by atoms with Crippen molar-refractivity contribution < 1.29 is 0 Å². The maximum Gasteiger partial charge on any atom is 0.0345 e. The van der Waals surface area contributed by atoms with Gasteiger partial charge in [-0.2, -0.15) is 0 Å². The van der Waals surface area contributed by atoms with E-state index in [-0.39, 0.29) is 0 Å². The van der Waals surface area contributed by atoms with Crippen molar-refractivity contribution in [3.63, 3.8) is 0 Å². The van der Waals surface area contributed by atoms with Crippen molar-refractivity contribution in [2.24, 2.45) is 5.73 Å². The Hall–Kier alpha value is 0.100. The fraction of sp³-hybridized carbons (Fsp3) is 0.667. The third kappa shape index (κ3) is 2.67. The number of thiophene rings is 1. The third-order valence-corrected chi connectivity index (χ3v) is 5.39. The second-order valence-corrected chi connectivity index (χ2v) is 6.39. The Labute approximate surface area is 110 Å². The molecule has 2 nitrogen and oxygen atoms in total. The number of hydrogen-bond donors (Lipinski definition) is 1. The number of piperidine rings is 1. The molecule has 1 aliphatic rings. The van der Waals surface area contributed by atoms with E-state index in [1.165, 1.54) is 28.6 Å². The molecule has 1 saturated heterocycles. The summed E-state index contributed by atoms with van der Waals surface area (Å²) >= 11 is 5.44. The Balaban J connectivity index is 2.08. The maximum atomic E-state index is 5.87. The first-order chi connectivity index (χ1) is 7.72. The highest BCUT2D eigenvalue weighted by Gasteiger charge is 2.27. The van der Waals surface area contributed by atoms with Gasteiger partial charge in [-0.15, -0.1) is 11.3 Å². The summed E-state index contributed by atoms with van der Waals surface area (Å²) in [5.41, 5.74) is 5.87. The van der Waals surface area contributed by atoms with E-state index in [4.69, 9.17) is 5.73 Å². The van der Waals surface area contributed by atoms with Crippen LogP contribution in [0.1, 0.15) is 31.1 Å². The standard InChI is InChI=1S/C12H19BrN2S/c1-9-3-2-4-10(7-14)15(9)8-12-11(13)5-6-16-12/h5-6,9-10H,2-4,7-8,14H2,1H3. The van der Waals surface area contributed by atoms with E-state index < -0.39 is 0 Å². The normalized spacial score (nSPS) is 27.2. The smallest absolute Gasteiger partial charge is 0.0345 e. The number of nitrogens with two attached hydrogens (primary N) is 1. The van der Waals surface area contributed by atoms with E-state index in [2.05, 4.69) is 39.2 Å². The number of likely N-dealkylation sites (tertiary alicyclic amines) is 1. The van der Waals surface area contributed by atoms with Crippen molar-refractivity contribution in [3.05, 3.63) is 20.8 Å². The minimum absolute atomic E-state index is 0.567. The molecule has 4 heteroatoms. The summed E-state index contributed by atoms with van der Waals surface area (Å²) < 4.78 is 1.24. The van der Waals surface area contributed by atoms with Crippen LogP contribution < -0.4 is 5.73 Å². The highest BCUT2D eigenvalue weighted by atomic mass is 79.9. The van der Waals surface area contributed by atoms with Gasteiger partial charge in [0.25, 0.3) is 0 Å².